The molecule has 4 nitrogen and oxygen atoms in total. The fourth-order valence-corrected chi connectivity index (χ4v) is 0.686. The first kappa shape index (κ1) is 6.92. The molecule has 0 radical (unpaired) electrons. The first-order valence-electron chi connectivity index (χ1n) is 3.10. The van der Waals surface area contributed by atoms with Gasteiger partial charge in [0.15, 0.2) is 0 Å². The average Bonchev–Trinajstić information content (AvgIpc) is 1.88. The smallest absolute Gasteiger partial charge is 0.266 e. The molecule has 10 heavy (non-hydrogen) atoms. The molecular weight excluding hydrogens is 130 g/mol. The van der Waals surface area contributed by atoms with Crippen LogP contribution in [0.2, 0.25) is 0 Å². The Kier molecular flexibility index (Phi) is 1.80. The minimum atomic E-state index is -0.155. The molecule has 0 saturated heterocycles. The summed E-state index contributed by atoms with van der Waals surface area (Å²) >= 11 is 0. The van der Waals surface area contributed by atoms with Crippen LogP contribution in [0.25, 0.3) is 0 Å². The van der Waals surface area contributed by atoms with Crippen LogP contribution < -0.4 is 5.56 Å². The molecule has 1 aromatic rings. The van der Waals surface area contributed by atoms with Crippen LogP contribution in [-0.4, -0.2) is 14.8 Å². The zero-order chi connectivity index (χ0) is 7.56. The summed E-state index contributed by atoms with van der Waals surface area (Å²) in [5.41, 5.74) is -0.155. The molecule has 1 heterocycles. The van der Waals surface area contributed by atoms with E-state index in [1.54, 1.807) is 0 Å². The van der Waals surface area contributed by atoms with Crippen LogP contribution in [0.3, 0.4) is 0 Å². The van der Waals surface area contributed by atoms with Crippen molar-refractivity contribution in [2.24, 2.45) is 0 Å². The number of nitrogens with zero attached hydrogens (tertiary/aromatic N) is 3. The standard InChI is InChI=1S/C6H9N3O/c1-5(2)9-6(10)3-7-4-8-9/h3-5H,1-2H3. The SMILES string of the molecule is CC(C)n1ncncc1=O. The average molecular weight is 139 g/mol. The van der Waals surface area contributed by atoms with Gasteiger partial charge >= 0.3 is 0 Å². The monoisotopic (exact) mass is 139 g/mol. The lowest BCUT2D eigenvalue weighted by atomic mass is 10.4. The number of aromatic nitrogens is 3. The van der Waals surface area contributed by atoms with Gasteiger partial charge in [0.2, 0.25) is 0 Å². The third kappa shape index (κ3) is 1.21. The maximum Gasteiger partial charge on any atom is 0.285 e. The molecule has 54 valence electrons. The van der Waals surface area contributed by atoms with E-state index in [9.17, 15) is 4.79 Å². The van der Waals surface area contributed by atoms with Gasteiger partial charge in [-0.05, 0) is 13.8 Å². The Hall–Kier alpha value is -1.19. The zero-order valence-corrected chi connectivity index (χ0v) is 5.98. The van der Waals surface area contributed by atoms with Gasteiger partial charge in [-0.3, -0.25) is 4.79 Å². The Balaban J connectivity index is 3.16. The molecular formula is C6H9N3O. The van der Waals surface area contributed by atoms with Crippen molar-refractivity contribution in [1.29, 1.82) is 0 Å². The lowest BCUT2D eigenvalue weighted by molar-refractivity contribution is 0.495. The highest BCUT2D eigenvalue weighted by atomic mass is 16.1. The summed E-state index contributed by atoms with van der Waals surface area (Å²) in [6, 6.07) is 0.107. The summed E-state index contributed by atoms with van der Waals surface area (Å²) < 4.78 is 1.38. The van der Waals surface area contributed by atoms with Crippen molar-refractivity contribution in [1.82, 2.24) is 14.8 Å². The molecule has 1 aromatic heterocycles. The number of hydrogen-bond acceptors (Lipinski definition) is 3. The Labute approximate surface area is 58.5 Å². The van der Waals surface area contributed by atoms with E-state index in [0.29, 0.717) is 0 Å². The van der Waals surface area contributed by atoms with Crippen LogP contribution in [0.4, 0.5) is 0 Å². The summed E-state index contributed by atoms with van der Waals surface area (Å²) in [5.74, 6) is 0. The lowest BCUT2D eigenvalue weighted by Crippen LogP contribution is -2.23. The van der Waals surface area contributed by atoms with Gasteiger partial charge in [-0.25, -0.2) is 9.67 Å². The van der Waals surface area contributed by atoms with Crippen molar-refractivity contribution in [2.75, 3.05) is 0 Å². The Morgan fingerprint density at radius 2 is 2.30 bits per heavy atom. The quantitative estimate of drug-likeness (QED) is 0.559. The summed E-state index contributed by atoms with van der Waals surface area (Å²) in [6.45, 7) is 3.79. The maximum absolute atomic E-state index is 10.9. The number of rotatable bonds is 1. The summed E-state index contributed by atoms with van der Waals surface area (Å²) in [4.78, 5) is 14.5. The molecule has 0 aliphatic heterocycles. The summed E-state index contributed by atoms with van der Waals surface area (Å²) in [6.07, 6.45) is 2.62. The van der Waals surface area contributed by atoms with E-state index in [2.05, 4.69) is 10.1 Å². The van der Waals surface area contributed by atoms with Crippen molar-refractivity contribution >= 4 is 0 Å². The maximum atomic E-state index is 10.9. The van der Waals surface area contributed by atoms with Crippen molar-refractivity contribution in [3.05, 3.63) is 22.9 Å². The van der Waals surface area contributed by atoms with Gasteiger partial charge < -0.3 is 0 Å². The first-order chi connectivity index (χ1) is 4.72. The fraction of sp³-hybridized carbons (Fsp3) is 0.500. The topological polar surface area (TPSA) is 47.8 Å². The van der Waals surface area contributed by atoms with Crippen LogP contribution >= 0.6 is 0 Å². The molecule has 0 aromatic carbocycles. The van der Waals surface area contributed by atoms with E-state index in [-0.39, 0.29) is 11.6 Å². The molecule has 0 spiro atoms. The van der Waals surface area contributed by atoms with Crippen LogP contribution in [0.15, 0.2) is 17.3 Å². The van der Waals surface area contributed by atoms with Crippen molar-refractivity contribution in [2.45, 2.75) is 19.9 Å². The van der Waals surface area contributed by atoms with Crippen LogP contribution in [0.1, 0.15) is 19.9 Å². The molecule has 0 atom stereocenters. The van der Waals surface area contributed by atoms with Gasteiger partial charge in [0.25, 0.3) is 5.56 Å². The summed E-state index contributed by atoms with van der Waals surface area (Å²) in [5, 5.41) is 3.77. The minimum absolute atomic E-state index is 0.107. The van der Waals surface area contributed by atoms with Crippen molar-refractivity contribution in [3.8, 4) is 0 Å². The molecule has 0 fully saturated rings. The third-order valence-corrected chi connectivity index (χ3v) is 1.14. The Morgan fingerprint density at radius 3 is 2.70 bits per heavy atom. The van der Waals surface area contributed by atoms with E-state index in [1.165, 1.54) is 17.2 Å². The molecule has 0 aliphatic carbocycles. The normalized spacial score (nSPS) is 10.3. The molecule has 0 amide bonds. The predicted octanol–water partition coefficient (Wildman–Crippen LogP) is 0.219. The molecule has 0 bridgehead atoms. The largest absolute Gasteiger partial charge is 0.285 e. The van der Waals surface area contributed by atoms with Gasteiger partial charge in [0.1, 0.15) is 6.33 Å². The van der Waals surface area contributed by atoms with E-state index < -0.39 is 0 Å². The van der Waals surface area contributed by atoms with Gasteiger partial charge in [0.05, 0.1) is 12.2 Å². The van der Waals surface area contributed by atoms with Crippen LogP contribution in [0.5, 0.6) is 0 Å². The molecule has 0 saturated carbocycles. The molecule has 0 aliphatic rings. The molecule has 1 rings (SSSR count). The van der Waals surface area contributed by atoms with E-state index in [4.69, 9.17) is 0 Å². The predicted molar refractivity (Wildman–Crippen MR) is 36.7 cm³/mol. The van der Waals surface area contributed by atoms with Crippen molar-refractivity contribution < 1.29 is 0 Å². The lowest BCUT2D eigenvalue weighted by Gasteiger charge is -2.04. The van der Waals surface area contributed by atoms with Crippen LogP contribution in [0, 0.1) is 0 Å². The van der Waals surface area contributed by atoms with Crippen molar-refractivity contribution in [3.63, 3.8) is 0 Å². The second-order valence-electron chi connectivity index (χ2n) is 2.29. The molecule has 0 unspecified atom stereocenters. The van der Waals surface area contributed by atoms with Crippen LogP contribution in [-0.2, 0) is 0 Å². The Morgan fingerprint density at radius 1 is 1.60 bits per heavy atom. The van der Waals surface area contributed by atoms with E-state index >= 15 is 0 Å². The zero-order valence-electron chi connectivity index (χ0n) is 5.98. The number of hydrogen-bond donors (Lipinski definition) is 0. The minimum Gasteiger partial charge on any atom is -0.266 e. The van der Waals surface area contributed by atoms with E-state index in [0.717, 1.165) is 0 Å². The van der Waals surface area contributed by atoms with Gasteiger partial charge in [-0.2, -0.15) is 5.10 Å². The highest BCUT2D eigenvalue weighted by Crippen LogP contribution is 1.92. The highest BCUT2D eigenvalue weighted by Gasteiger charge is 1.98. The van der Waals surface area contributed by atoms with E-state index in [1.807, 2.05) is 13.8 Å². The highest BCUT2D eigenvalue weighted by molar-refractivity contribution is 4.71. The first-order valence-corrected chi connectivity index (χ1v) is 3.10. The molecule has 0 N–H and O–H groups in total. The fourth-order valence-electron chi connectivity index (χ4n) is 0.686. The second-order valence-corrected chi connectivity index (χ2v) is 2.29. The Bertz CT molecular complexity index is 266. The second kappa shape index (κ2) is 2.60. The van der Waals surface area contributed by atoms with Gasteiger partial charge in [-0.1, -0.05) is 0 Å². The van der Waals surface area contributed by atoms with Gasteiger partial charge in [-0.15, -0.1) is 0 Å². The summed E-state index contributed by atoms with van der Waals surface area (Å²) in [7, 11) is 0. The van der Waals surface area contributed by atoms with Gasteiger partial charge in [0, 0.05) is 0 Å². The third-order valence-electron chi connectivity index (χ3n) is 1.14. The molecule has 4 heteroatoms.